The highest BCUT2D eigenvalue weighted by Gasteiger charge is 2.36. The zero-order chi connectivity index (χ0) is 14.0. The Morgan fingerprint density at radius 3 is 2.79 bits per heavy atom. The van der Waals surface area contributed by atoms with E-state index in [0.29, 0.717) is 6.42 Å². The van der Waals surface area contributed by atoms with Gasteiger partial charge in [-0.05, 0) is 38.4 Å². The number of carbonyl (C=O) groups excluding carboxylic acids is 1. The van der Waals surface area contributed by atoms with Crippen molar-refractivity contribution in [3.05, 3.63) is 29.6 Å². The number of carboxylic acid groups (broad SMARTS) is 1. The van der Waals surface area contributed by atoms with Crippen LogP contribution < -0.4 is 10.6 Å². The minimum atomic E-state index is -1.40. The van der Waals surface area contributed by atoms with Crippen LogP contribution in [-0.2, 0) is 4.79 Å². The van der Waals surface area contributed by atoms with Gasteiger partial charge in [-0.1, -0.05) is 6.07 Å². The largest absolute Gasteiger partial charge is 0.478 e. The van der Waals surface area contributed by atoms with Crippen LogP contribution in [0.1, 0.15) is 30.1 Å². The third kappa shape index (κ3) is 2.58. The molecule has 6 heteroatoms. The van der Waals surface area contributed by atoms with Gasteiger partial charge in [0.15, 0.2) is 0 Å². The maximum Gasteiger partial charge on any atom is 0.340 e. The summed E-state index contributed by atoms with van der Waals surface area (Å²) in [6.45, 7) is 2.48. The van der Waals surface area contributed by atoms with E-state index in [9.17, 15) is 14.0 Å². The number of benzene rings is 1. The van der Waals surface area contributed by atoms with Gasteiger partial charge in [-0.3, -0.25) is 4.79 Å². The van der Waals surface area contributed by atoms with Crippen molar-refractivity contribution in [3.8, 4) is 0 Å². The summed E-state index contributed by atoms with van der Waals surface area (Å²) in [7, 11) is 0. The summed E-state index contributed by atoms with van der Waals surface area (Å²) in [6, 6.07) is 3.79. The topological polar surface area (TPSA) is 78.4 Å². The van der Waals surface area contributed by atoms with E-state index in [-0.39, 0.29) is 11.6 Å². The predicted octanol–water partition coefficient (Wildman–Crippen LogP) is 1.60. The SMILES string of the molecule is CC1(C(=O)Nc2cccc(F)c2C(=O)O)CCCN1. The second-order valence-electron chi connectivity index (χ2n) is 4.78. The molecular weight excluding hydrogens is 251 g/mol. The van der Waals surface area contributed by atoms with Crippen molar-refractivity contribution in [3.63, 3.8) is 0 Å². The average molecular weight is 266 g/mol. The summed E-state index contributed by atoms with van der Waals surface area (Å²) in [5, 5.41) is 14.5. The number of halogens is 1. The van der Waals surface area contributed by atoms with E-state index in [1.54, 1.807) is 6.92 Å². The summed E-state index contributed by atoms with van der Waals surface area (Å²) in [4.78, 5) is 23.2. The summed E-state index contributed by atoms with van der Waals surface area (Å²) in [5.41, 5.74) is -1.27. The van der Waals surface area contributed by atoms with Crippen molar-refractivity contribution in [2.45, 2.75) is 25.3 Å². The fourth-order valence-corrected chi connectivity index (χ4v) is 2.19. The Labute approximate surface area is 109 Å². The minimum Gasteiger partial charge on any atom is -0.478 e. The number of nitrogens with one attached hydrogen (secondary N) is 2. The number of hydrogen-bond donors (Lipinski definition) is 3. The van der Waals surface area contributed by atoms with Crippen LogP contribution in [0.15, 0.2) is 18.2 Å². The first-order valence-corrected chi connectivity index (χ1v) is 6.02. The van der Waals surface area contributed by atoms with Crippen LogP contribution in [0.4, 0.5) is 10.1 Å². The summed E-state index contributed by atoms with van der Waals surface area (Å²) >= 11 is 0. The third-order valence-electron chi connectivity index (χ3n) is 3.35. The van der Waals surface area contributed by atoms with Crippen molar-refractivity contribution >= 4 is 17.6 Å². The standard InChI is InChI=1S/C13H15FN2O3/c1-13(6-3-7-15-13)12(19)16-9-5-2-4-8(14)10(9)11(17)18/h2,4-5,15H,3,6-7H2,1H3,(H,16,19)(H,17,18). The first-order valence-electron chi connectivity index (χ1n) is 6.02. The van der Waals surface area contributed by atoms with E-state index < -0.39 is 22.9 Å². The number of anilines is 1. The zero-order valence-electron chi connectivity index (χ0n) is 10.5. The van der Waals surface area contributed by atoms with Crippen molar-refractivity contribution in [2.75, 3.05) is 11.9 Å². The fourth-order valence-electron chi connectivity index (χ4n) is 2.19. The number of aromatic carboxylic acids is 1. The van der Waals surface area contributed by atoms with Crippen LogP contribution in [0.3, 0.4) is 0 Å². The molecule has 0 spiro atoms. The van der Waals surface area contributed by atoms with Crippen molar-refractivity contribution in [1.29, 1.82) is 0 Å². The first kappa shape index (κ1) is 13.5. The van der Waals surface area contributed by atoms with E-state index in [0.717, 1.165) is 19.0 Å². The molecule has 5 nitrogen and oxygen atoms in total. The lowest BCUT2D eigenvalue weighted by Crippen LogP contribution is -2.48. The molecule has 19 heavy (non-hydrogen) atoms. The number of rotatable bonds is 3. The molecule has 1 aromatic rings. The van der Waals surface area contributed by atoms with E-state index in [1.807, 2.05) is 0 Å². The van der Waals surface area contributed by atoms with Gasteiger partial charge in [0.2, 0.25) is 5.91 Å². The van der Waals surface area contributed by atoms with E-state index >= 15 is 0 Å². The second-order valence-corrected chi connectivity index (χ2v) is 4.78. The maximum atomic E-state index is 13.5. The highest BCUT2D eigenvalue weighted by molar-refractivity contribution is 6.03. The second kappa shape index (κ2) is 4.97. The molecule has 0 saturated carbocycles. The summed E-state index contributed by atoms with van der Waals surface area (Å²) in [6.07, 6.45) is 1.54. The molecule has 2 rings (SSSR count). The first-order chi connectivity index (χ1) is 8.94. The van der Waals surface area contributed by atoms with Crippen LogP contribution in [0.2, 0.25) is 0 Å². The van der Waals surface area contributed by atoms with Crippen molar-refractivity contribution in [2.24, 2.45) is 0 Å². The molecule has 1 heterocycles. The highest BCUT2D eigenvalue weighted by Crippen LogP contribution is 2.24. The minimum absolute atomic E-state index is 0.0209. The molecule has 0 radical (unpaired) electrons. The van der Waals surface area contributed by atoms with Gasteiger partial charge in [-0.25, -0.2) is 9.18 Å². The number of amides is 1. The van der Waals surface area contributed by atoms with Crippen LogP contribution >= 0.6 is 0 Å². The quantitative estimate of drug-likeness (QED) is 0.776. The van der Waals surface area contributed by atoms with Gasteiger partial charge in [-0.2, -0.15) is 0 Å². The molecular formula is C13H15FN2O3. The van der Waals surface area contributed by atoms with Crippen molar-refractivity contribution < 1.29 is 19.1 Å². The van der Waals surface area contributed by atoms with E-state index in [1.165, 1.54) is 12.1 Å². The average Bonchev–Trinajstić information content (AvgIpc) is 2.77. The normalized spacial score (nSPS) is 22.2. The van der Waals surface area contributed by atoms with E-state index in [2.05, 4.69) is 10.6 Å². The lowest BCUT2D eigenvalue weighted by molar-refractivity contribution is -0.121. The van der Waals surface area contributed by atoms with Gasteiger partial charge in [0.1, 0.15) is 11.4 Å². The molecule has 1 atom stereocenters. The fraction of sp³-hybridized carbons (Fsp3) is 0.385. The van der Waals surface area contributed by atoms with Gasteiger partial charge in [-0.15, -0.1) is 0 Å². The smallest absolute Gasteiger partial charge is 0.340 e. The van der Waals surface area contributed by atoms with Crippen molar-refractivity contribution in [1.82, 2.24) is 5.32 Å². The molecule has 0 bridgehead atoms. The Kier molecular flexibility index (Phi) is 3.53. The molecule has 1 saturated heterocycles. The van der Waals surface area contributed by atoms with E-state index in [4.69, 9.17) is 5.11 Å². The highest BCUT2D eigenvalue weighted by atomic mass is 19.1. The zero-order valence-corrected chi connectivity index (χ0v) is 10.5. The van der Waals surface area contributed by atoms with Crippen LogP contribution in [0.25, 0.3) is 0 Å². The lowest BCUT2D eigenvalue weighted by atomic mass is 9.99. The Hall–Kier alpha value is -1.95. The molecule has 1 unspecified atom stereocenters. The lowest BCUT2D eigenvalue weighted by Gasteiger charge is -2.23. The Balaban J connectivity index is 2.26. The number of hydrogen-bond acceptors (Lipinski definition) is 3. The van der Waals surface area contributed by atoms with Gasteiger partial charge in [0.05, 0.1) is 11.2 Å². The molecule has 1 amide bonds. The summed E-state index contributed by atoms with van der Waals surface area (Å²) < 4.78 is 13.5. The van der Waals surface area contributed by atoms with Gasteiger partial charge in [0, 0.05) is 0 Å². The van der Waals surface area contributed by atoms with Crippen LogP contribution in [-0.4, -0.2) is 29.1 Å². The third-order valence-corrected chi connectivity index (χ3v) is 3.35. The molecule has 1 fully saturated rings. The molecule has 3 N–H and O–H groups in total. The van der Waals surface area contributed by atoms with Gasteiger partial charge in [0.25, 0.3) is 0 Å². The molecule has 1 aliphatic heterocycles. The molecule has 0 aliphatic carbocycles. The summed E-state index contributed by atoms with van der Waals surface area (Å²) in [5.74, 6) is -2.62. The van der Waals surface area contributed by atoms with Gasteiger partial charge < -0.3 is 15.7 Å². The molecule has 1 aromatic carbocycles. The Morgan fingerprint density at radius 2 is 2.21 bits per heavy atom. The predicted molar refractivity (Wildman–Crippen MR) is 67.6 cm³/mol. The molecule has 0 aromatic heterocycles. The number of carboxylic acids is 1. The molecule has 1 aliphatic rings. The Morgan fingerprint density at radius 1 is 1.47 bits per heavy atom. The monoisotopic (exact) mass is 266 g/mol. The Bertz CT molecular complexity index is 525. The van der Waals surface area contributed by atoms with Crippen LogP contribution in [0, 0.1) is 5.82 Å². The molecule has 102 valence electrons. The van der Waals surface area contributed by atoms with Crippen LogP contribution in [0.5, 0.6) is 0 Å². The van der Waals surface area contributed by atoms with Gasteiger partial charge >= 0.3 is 5.97 Å². The number of carbonyl (C=O) groups is 2. The maximum absolute atomic E-state index is 13.5.